The molecule has 1 amide bonds. The number of rotatable bonds is 4. The van der Waals surface area contributed by atoms with Gasteiger partial charge in [0, 0.05) is 9.26 Å². The Bertz CT molecular complexity index is 802. The van der Waals surface area contributed by atoms with Crippen LogP contribution in [0.15, 0.2) is 30.3 Å². The summed E-state index contributed by atoms with van der Waals surface area (Å²) >= 11 is 7.57. The van der Waals surface area contributed by atoms with Gasteiger partial charge in [0.15, 0.2) is 5.11 Å². The molecule has 0 aromatic heterocycles. The van der Waals surface area contributed by atoms with Gasteiger partial charge in [-0.25, -0.2) is 0 Å². The van der Waals surface area contributed by atoms with Gasteiger partial charge in [-0.2, -0.15) is 0 Å². The Morgan fingerprint density at radius 1 is 1.08 bits per heavy atom. The molecule has 0 saturated carbocycles. The first-order chi connectivity index (χ1) is 11.9. The molecule has 5 nitrogen and oxygen atoms in total. The lowest BCUT2D eigenvalue weighted by Crippen LogP contribution is -2.34. The standard InChI is InChI=1S/C18H19IN2O3S/c1-10-9-13(11(2)8-12(10)19)20-18(25)21-17(22)16-14(23-3)6-5-7-15(16)24-4/h5-9H,1-4H3,(H2,20,21,22,25). The monoisotopic (exact) mass is 470 g/mol. The van der Waals surface area contributed by atoms with E-state index in [1.807, 2.05) is 19.9 Å². The zero-order chi connectivity index (χ0) is 18.6. The number of carbonyl (C=O) groups excluding carboxylic acids is 1. The number of anilines is 1. The first-order valence-electron chi connectivity index (χ1n) is 7.47. The Labute approximate surface area is 166 Å². The Morgan fingerprint density at radius 3 is 2.24 bits per heavy atom. The number of nitrogens with one attached hydrogen (secondary N) is 2. The van der Waals surface area contributed by atoms with Gasteiger partial charge in [-0.15, -0.1) is 0 Å². The Morgan fingerprint density at radius 2 is 1.68 bits per heavy atom. The van der Waals surface area contributed by atoms with E-state index in [0.29, 0.717) is 17.1 Å². The third-order valence-corrected chi connectivity index (χ3v) is 5.00. The summed E-state index contributed by atoms with van der Waals surface area (Å²) in [6.07, 6.45) is 0. The molecule has 7 heteroatoms. The molecule has 2 N–H and O–H groups in total. The maximum atomic E-state index is 12.6. The minimum Gasteiger partial charge on any atom is -0.496 e. The number of halogens is 1. The van der Waals surface area contributed by atoms with Crippen molar-refractivity contribution in [2.45, 2.75) is 13.8 Å². The molecule has 2 aromatic carbocycles. The summed E-state index contributed by atoms with van der Waals surface area (Å²) in [6, 6.07) is 9.20. The number of hydrogen-bond acceptors (Lipinski definition) is 4. The summed E-state index contributed by atoms with van der Waals surface area (Å²) in [5.41, 5.74) is 3.33. The third-order valence-electron chi connectivity index (χ3n) is 3.64. The highest BCUT2D eigenvalue weighted by molar-refractivity contribution is 14.1. The lowest BCUT2D eigenvalue weighted by atomic mass is 10.1. The van der Waals surface area contributed by atoms with Crippen LogP contribution in [0.25, 0.3) is 0 Å². The predicted octanol–water partition coefficient (Wildman–Crippen LogP) is 4.05. The van der Waals surface area contributed by atoms with E-state index in [-0.39, 0.29) is 5.11 Å². The molecule has 0 atom stereocenters. The van der Waals surface area contributed by atoms with Gasteiger partial charge in [-0.3, -0.25) is 10.1 Å². The van der Waals surface area contributed by atoms with Crippen molar-refractivity contribution in [2.24, 2.45) is 0 Å². The van der Waals surface area contributed by atoms with E-state index in [1.165, 1.54) is 17.8 Å². The van der Waals surface area contributed by atoms with Crippen molar-refractivity contribution in [1.29, 1.82) is 0 Å². The van der Waals surface area contributed by atoms with Gasteiger partial charge >= 0.3 is 0 Å². The van der Waals surface area contributed by atoms with Crippen molar-refractivity contribution in [1.82, 2.24) is 5.32 Å². The lowest BCUT2D eigenvalue weighted by molar-refractivity contribution is 0.0971. The first-order valence-corrected chi connectivity index (χ1v) is 8.96. The van der Waals surface area contributed by atoms with Crippen LogP contribution in [0, 0.1) is 17.4 Å². The topological polar surface area (TPSA) is 59.6 Å². The Kier molecular flexibility index (Phi) is 6.60. The number of carbonyl (C=O) groups is 1. The fourth-order valence-electron chi connectivity index (χ4n) is 2.31. The van der Waals surface area contributed by atoms with Crippen LogP contribution in [0.3, 0.4) is 0 Å². The summed E-state index contributed by atoms with van der Waals surface area (Å²) in [6.45, 7) is 4.01. The SMILES string of the molecule is COc1cccc(OC)c1C(=O)NC(=S)Nc1cc(C)c(I)cc1C. The molecule has 25 heavy (non-hydrogen) atoms. The maximum Gasteiger partial charge on any atom is 0.264 e. The summed E-state index contributed by atoms with van der Waals surface area (Å²) in [4.78, 5) is 12.6. The molecule has 2 aromatic rings. The van der Waals surface area contributed by atoms with Crippen molar-refractivity contribution in [3.05, 3.63) is 50.6 Å². The van der Waals surface area contributed by atoms with E-state index in [4.69, 9.17) is 21.7 Å². The molecule has 0 spiro atoms. The van der Waals surface area contributed by atoms with Crippen molar-refractivity contribution >= 4 is 51.5 Å². The second-order valence-electron chi connectivity index (χ2n) is 5.36. The number of benzene rings is 2. The van der Waals surface area contributed by atoms with Crippen molar-refractivity contribution < 1.29 is 14.3 Å². The highest BCUT2D eigenvalue weighted by Crippen LogP contribution is 2.28. The van der Waals surface area contributed by atoms with Gasteiger partial charge in [-0.05, 0) is 84.0 Å². The van der Waals surface area contributed by atoms with Gasteiger partial charge in [-0.1, -0.05) is 6.07 Å². The molecule has 0 bridgehead atoms. The number of aryl methyl sites for hydroxylation is 2. The van der Waals surface area contributed by atoms with Crippen molar-refractivity contribution in [2.75, 3.05) is 19.5 Å². The lowest BCUT2D eigenvalue weighted by Gasteiger charge is -2.15. The summed E-state index contributed by atoms with van der Waals surface area (Å²) in [7, 11) is 3.00. The van der Waals surface area contributed by atoms with Crippen LogP contribution < -0.4 is 20.1 Å². The van der Waals surface area contributed by atoms with Crippen LogP contribution in [0.1, 0.15) is 21.5 Å². The molecule has 132 valence electrons. The van der Waals surface area contributed by atoms with E-state index in [1.54, 1.807) is 18.2 Å². The van der Waals surface area contributed by atoms with Crippen molar-refractivity contribution in [3.63, 3.8) is 0 Å². The van der Waals surface area contributed by atoms with E-state index >= 15 is 0 Å². The number of thiocarbonyl (C=S) groups is 1. The largest absolute Gasteiger partial charge is 0.496 e. The fourth-order valence-corrected chi connectivity index (χ4v) is 3.14. The van der Waals surface area contributed by atoms with Crippen LogP contribution >= 0.6 is 34.8 Å². The number of amides is 1. The molecule has 0 aliphatic heterocycles. The summed E-state index contributed by atoms with van der Waals surface area (Å²) < 4.78 is 11.7. The van der Waals surface area contributed by atoms with Crippen LogP contribution in [-0.4, -0.2) is 25.2 Å². The highest BCUT2D eigenvalue weighted by Gasteiger charge is 2.19. The zero-order valence-electron chi connectivity index (χ0n) is 14.4. The average molecular weight is 470 g/mol. The van der Waals surface area contributed by atoms with Crippen LogP contribution in [0.5, 0.6) is 11.5 Å². The molecule has 0 unspecified atom stereocenters. The molecule has 0 radical (unpaired) electrons. The van der Waals surface area contributed by atoms with E-state index in [2.05, 4.69) is 39.3 Å². The summed E-state index contributed by atoms with van der Waals surface area (Å²) in [5.74, 6) is 0.438. The van der Waals surface area contributed by atoms with E-state index in [0.717, 1.165) is 16.8 Å². The minimum atomic E-state index is -0.397. The van der Waals surface area contributed by atoms with E-state index in [9.17, 15) is 4.79 Å². The number of methoxy groups -OCH3 is 2. The second kappa shape index (κ2) is 8.48. The van der Waals surface area contributed by atoms with Gasteiger partial charge in [0.25, 0.3) is 5.91 Å². The normalized spacial score (nSPS) is 10.1. The molecule has 0 heterocycles. The van der Waals surface area contributed by atoms with Gasteiger partial charge in [0.05, 0.1) is 14.2 Å². The third kappa shape index (κ3) is 4.60. The number of hydrogen-bond donors (Lipinski definition) is 2. The minimum absolute atomic E-state index is 0.210. The van der Waals surface area contributed by atoms with E-state index < -0.39 is 5.91 Å². The molecular weight excluding hydrogens is 451 g/mol. The Balaban J connectivity index is 2.19. The smallest absolute Gasteiger partial charge is 0.264 e. The zero-order valence-corrected chi connectivity index (χ0v) is 17.4. The van der Waals surface area contributed by atoms with Gasteiger partial charge in [0.1, 0.15) is 17.1 Å². The second-order valence-corrected chi connectivity index (χ2v) is 6.93. The van der Waals surface area contributed by atoms with Crippen LogP contribution in [-0.2, 0) is 0 Å². The Hall–Kier alpha value is -1.87. The highest BCUT2D eigenvalue weighted by atomic mass is 127. The average Bonchev–Trinajstić information content (AvgIpc) is 2.58. The maximum absolute atomic E-state index is 12.6. The molecule has 2 rings (SSSR count). The molecule has 0 aliphatic carbocycles. The quantitative estimate of drug-likeness (QED) is 0.522. The number of ether oxygens (including phenoxy) is 2. The van der Waals surface area contributed by atoms with Crippen LogP contribution in [0.2, 0.25) is 0 Å². The first kappa shape index (κ1) is 19.5. The van der Waals surface area contributed by atoms with Gasteiger partial charge in [0.2, 0.25) is 0 Å². The predicted molar refractivity (Wildman–Crippen MR) is 112 cm³/mol. The molecule has 0 saturated heterocycles. The van der Waals surface area contributed by atoms with Crippen LogP contribution in [0.4, 0.5) is 5.69 Å². The molecule has 0 fully saturated rings. The fraction of sp³-hybridized carbons (Fsp3) is 0.222. The summed E-state index contributed by atoms with van der Waals surface area (Å²) in [5, 5.41) is 5.95. The molecular formula is C18H19IN2O3S. The van der Waals surface area contributed by atoms with Crippen molar-refractivity contribution in [3.8, 4) is 11.5 Å². The van der Waals surface area contributed by atoms with Gasteiger partial charge < -0.3 is 14.8 Å². The molecule has 0 aliphatic rings.